The Hall–Kier alpha value is -1.81. The SMILES string of the molecule is Cc1cccc2c1-c1sc(C(=O)NC3CCCCCC3)cc1CO2. The molecule has 126 valence electrons. The van der Waals surface area contributed by atoms with E-state index in [9.17, 15) is 4.79 Å². The molecule has 1 aliphatic heterocycles. The molecule has 2 aliphatic rings. The number of hydrogen-bond acceptors (Lipinski definition) is 3. The topological polar surface area (TPSA) is 38.3 Å². The molecule has 4 heteroatoms. The van der Waals surface area contributed by atoms with Gasteiger partial charge < -0.3 is 10.1 Å². The molecule has 0 unspecified atom stereocenters. The summed E-state index contributed by atoms with van der Waals surface area (Å²) in [5.41, 5.74) is 3.48. The maximum Gasteiger partial charge on any atom is 0.261 e. The lowest BCUT2D eigenvalue weighted by Gasteiger charge is -2.19. The summed E-state index contributed by atoms with van der Waals surface area (Å²) in [5.74, 6) is 1.01. The Morgan fingerprint density at radius 1 is 1.21 bits per heavy atom. The van der Waals surface area contributed by atoms with E-state index in [2.05, 4.69) is 18.3 Å². The van der Waals surface area contributed by atoms with Gasteiger partial charge in [0.15, 0.2) is 0 Å². The third-order valence-electron chi connectivity index (χ3n) is 5.07. The quantitative estimate of drug-likeness (QED) is 0.775. The molecule has 1 aliphatic carbocycles. The summed E-state index contributed by atoms with van der Waals surface area (Å²) in [7, 11) is 0. The van der Waals surface area contributed by atoms with Crippen molar-refractivity contribution in [2.75, 3.05) is 0 Å². The highest BCUT2D eigenvalue weighted by molar-refractivity contribution is 7.17. The van der Waals surface area contributed by atoms with Gasteiger partial charge >= 0.3 is 0 Å². The first-order valence-corrected chi connectivity index (χ1v) is 9.70. The molecule has 1 saturated carbocycles. The van der Waals surface area contributed by atoms with Crippen LogP contribution >= 0.6 is 11.3 Å². The van der Waals surface area contributed by atoms with Crippen LogP contribution < -0.4 is 10.1 Å². The second-order valence-corrected chi connectivity index (χ2v) is 7.92. The predicted octanol–water partition coefficient (Wildman–Crippen LogP) is 5.07. The highest BCUT2D eigenvalue weighted by Crippen LogP contribution is 2.44. The van der Waals surface area contributed by atoms with Crippen molar-refractivity contribution in [3.63, 3.8) is 0 Å². The zero-order valence-corrected chi connectivity index (χ0v) is 14.9. The van der Waals surface area contributed by atoms with E-state index in [0.717, 1.165) is 34.6 Å². The maximum atomic E-state index is 12.7. The number of amides is 1. The zero-order valence-electron chi connectivity index (χ0n) is 14.1. The molecule has 0 bridgehead atoms. The van der Waals surface area contributed by atoms with Crippen molar-refractivity contribution in [3.8, 4) is 16.2 Å². The number of benzene rings is 1. The summed E-state index contributed by atoms with van der Waals surface area (Å²) < 4.78 is 5.87. The highest BCUT2D eigenvalue weighted by Gasteiger charge is 2.25. The Morgan fingerprint density at radius 2 is 2.00 bits per heavy atom. The fourth-order valence-corrected chi connectivity index (χ4v) is 4.93. The van der Waals surface area contributed by atoms with Crippen LogP contribution in [0.3, 0.4) is 0 Å². The minimum Gasteiger partial charge on any atom is -0.488 e. The second-order valence-electron chi connectivity index (χ2n) is 6.86. The van der Waals surface area contributed by atoms with E-state index in [0.29, 0.717) is 12.6 Å². The monoisotopic (exact) mass is 341 g/mol. The van der Waals surface area contributed by atoms with E-state index in [4.69, 9.17) is 4.74 Å². The highest BCUT2D eigenvalue weighted by atomic mass is 32.1. The maximum absolute atomic E-state index is 12.7. The smallest absolute Gasteiger partial charge is 0.261 e. The Morgan fingerprint density at radius 3 is 2.79 bits per heavy atom. The van der Waals surface area contributed by atoms with Gasteiger partial charge in [0.2, 0.25) is 0 Å². The van der Waals surface area contributed by atoms with Gasteiger partial charge in [-0.3, -0.25) is 4.79 Å². The van der Waals surface area contributed by atoms with Crippen molar-refractivity contribution in [3.05, 3.63) is 40.3 Å². The number of aryl methyl sites for hydroxylation is 1. The average Bonchev–Trinajstić information content (AvgIpc) is 2.86. The third kappa shape index (κ3) is 2.95. The van der Waals surface area contributed by atoms with E-state index < -0.39 is 0 Å². The molecule has 24 heavy (non-hydrogen) atoms. The molecule has 1 N–H and O–H groups in total. The predicted molar refractivity (Wildman–Crippen MR) is 97.8 cm³/mol. The molecule has 1 aromatic carbocycles. The van der Waals surface area contributed by atoms with E-state index in [1.807, 2.05) is 18.2 Å². The minimum absolute atomic E-state index is 0.0800. The van der Waals surface area contributed by atoms with Crippen LogP contribution in [0.5, 0.6) is 5.75 Å². The number of carbonyl (C=O) groups is 1. The molecule has 1 amide bonds. The van der Waals surface area contributed by atoms with Gasteiger partial charge in [0.25, 0.3) is 5.91 Å². The molecule has 0 spiro atoms. The van der Waals surface area contributed by atoms with Crippen LogP contribution in [0, 0.1) is 6.92 Å². The summed E-state index contributed by atoms with van der Waals surface area (Å²) in [4.78, 5) is 14.7. The van der Waals surface area contributed by atoms with Crippen LogP contribution in [0.15, 0.2) is 24.3 Å². The molecular weight excluding hydrogens is 318 g/mol. The number of nitrogens with one attached hydrogen (secondary N) is 1. The van der Waals surface area contributed by atoms with Crippen molar-refractivity contribution in [2.24, 2.45) is 0 Å². The minimum atomic E-state index is 0.0800. The van der Waals surface area contributed by atoms with E-state index in [1.54, 1.807) is 11.3 Å². The van der Waals surface area contributed by atoms with Crippen molar-refractivity contribution in [1.82, 2.24) is 5.32 Å². The lowest BCUT2D eigenvalue weighted by molar-refractivity contribution is 0.0937. The molecular formula is C20H23NO2S. The van der Waals surface area contributed by atoms with E-state index >= 15 is 0 Å². The van der Waals surface area contributed by atoms with Crippen LogP contribution in [0.25, 0.3) is 10.4 Å². The molecule has 4 rings (SSSR count). The van der Waals surface area contributed by atoms with E-state index in [1.165, 1.54) is 36.1 Å². The molecule has 0 saturated heterocycles. The Kier molecular flexibility index (Phi) is 4.31. The Balaban J connectivity index is 1.58. The van der Waals surface area contributed by atoms with Crippen LogP contribution in [0.2, 0.25) is 0 Å². The van der Waals surface area contributed by atoms with Crippen molar-refractivity contribution >= 4 is 17.2 Å². The average molecular weight is 341 g/mol. The molecule has 0 radical (unpaired) electrons. The van der Waals surface area contributed by atoms with Gasteiger partial charge in [-0.1, -0.05) is 37.8 Å². The normalized spacial score (nSPS) is 17.4. The van der Waals surface area contributed by atoms with Crippen LogP contribution in [-0.2, 0) is 6.61 Å². The molecule has 3 nitrogen and oxygen atoms in total. The van der Waals surface area contributed by atoms with Gasteiger partial charge in [0.05, 0.1) is 4.88 Å². The first kappa shape index (κ1) is 15.7. The van der Waals surface area contributed by atoms with Gasteiger partial charge in [0.1, 0.15) is 12.4 Å². The third-order valence-corrected chi connectivity index (χ3v) is 6.26. The summed E-state index contributed by atoms with van der Waals surface area (Å²) in [5, 5.41) is 3.25. The number of ether oxygens (including phenoxy) is 1. The fourth-order valence-electron chi connectivity index (χ4n) is 3.75. The van der Waals surface area contributed by atoms with Crippen LogP contribution in [0.4, 0.5) is 0 Å². The molecule has 1 fully saturated rings. The number of rotatable bonds is 2. The van der Waals surface area contributed by atoms with Crippen LogP contribution in [-0.4, -0.2) is 11.9 Å². The van der Waals surface area contributed by atoms with Gasteiger partial charge in [-0.25, -0.2) is 0 Å². The summed E-state index contributed by atoms with van der Waals surface area (Å²) in [6, 6.07) is 8.48. The Bertz CT molecular complexity index is 757. The summed E-state index contributed by atoms with van der Waals surface area (Å²) in [6.07, 6.45) is 7.28. The second kappa shape index (κ2) is 6.60. The zero-order chi connectivity index (χ0) is 16.5. The van der Waals surface area contributed by atoms with Crippen molar-refractivity contribution < 1.29 is 9.53 Å². The fraction of sp³-hybridized carbons (Fsp3) is 0.450. The first-order chi connectivity index (χ1) is 11.7. The van der Waals surface area contributed by atoms with Gasteiger partial charge in [0, 0.05) is 22.0 Å². The molecule has 0 atom stereocenters. The van der Waals surface area contributed by atoms with Crippen molar-refractivity contribution in [1.29, 1.82) is 0 Å². The lowest BCUT2D eigenvalue weighted by atomic mass is 10.0. The standard InChI is InChI=1S/C20H23NO2S/c1-13-7-6-10-16-18(13)19-14(12-23-16)11-17(24-19)20(22)21-15-8-4-2-3-5-9-15/h6-7,10-11,15H,2-5,8-9,12H2,1H3,(H,21,22). The number of fused-ring (bicyclic) bond motifs is 3. The van der Waals surface area contributed by atoms with Crippen molar-refractivity contribution in [2.45, 2.75) is 58.1 Å². The van der Waals surface area contributed by atoms with E-state index in [-0.39, 0.29) is 5.91 Å². The Labute approximate surface area is 147 Å². The lowest BCUT2D eigenvalue weighted by Crippen LogP contribution is -2.33. The largest absolute Gasteiger partial charge is 0.488 e. The van der Waals surface area contributed by atoms with Gasteiger partial charge in [-0.05, 0) is 37.5 Å². The first-order valence-electron chi connectivity index (χ1n) is 8.89. The number of hydrogen-bond donors (Lipinski definition) is 1. The number of carbonyl (C=O) groups excluding carboxylic acids is 1. The summed E-state index contributed by atoms with van der Waals surface area (Å²) >= 11 is 1.60. The summed E-state index contributed by atoms with van der Waals surface area (Å²) in [6.45, 7) is 2.65. The molecule has 2 heterocycles. The van der Waals surface area contributed by atoms with Crippen LogP contribution in [0.1, 0.15) is 59.3 Å². The molecule has 2 aromatic rings. The van der Waals surface area contributed by atoms with Gasteiger partial charge in [-0.15, -0.1) is 11.3 Å². The molecule has 1 aromatic heterocycles. The number of thiophene rings is 1. The van der Waals surface area contributed by atoms with Gasteiger partial charge in [-0.2, -0.15) is 0 Å².